The van der Waals surface area contributed by atoms with Gasteiger partial charge >= 0.3 is 10.1 Å². The molecule has 1 aliphatic rings. The van der Waals surface area contributed by atoms with Gasteiger partial charge in [0.25, 0.3) is 11.1 Å². The van der Waals surface area contributed by atoms with Gasteiger partial charge in [0.05, 0.1) is 21.5 Å². The van der Waals surface area contributed by atoms with E-state index in [1.54, 1.807) is 48.5 Å². The van der Waals surface area contributed by atoms with Crippen molar-refractivity contribution in [1.29, 1.82) is 0 Å². The summed E-state index contributed by atoms with van der Waals surface area (Å²) in [5.74, 6) is -0.499. The monoisotopic (exact) mass is 597 g/mol. The number of thioether (sulfide) groups is 1. The summed E-state index contributed by atoms with van der Waals surface area (Å²) in [6.45, 7) is 0.0170. The molecule has 174 valence electrons. The van der Waals surface area contributed by atoms with Gasteiger partial charge in [0.1, 0.15) is 10.6 Å². The number of halogens is 3. The molecule has 11 heteroatoms. The summed E-state index contributed by atoms with van der Waals surface area (Å²) in [5.41, 5.74) is 0.951. The maximum atomic E-state index is 13.0. The van der Waals surface area contributed by atoms with Crippen LogP contribution in [0.2, 0.25) is 10.0 Å². The average Bonchev–Trinajstić information content (AvgIpc) is 3.06. The van der Waals surface area contributed by atoms with Crippen molar-refractivity contribution in [2.24, 2.45) is 0 Å². The Labute approximate surface area is 218 Å². The first-order chi connectivity index (χ1) is 16.1. The van der Waals surface area contributed by atoms with Crippen molar-refractivity contribution in [3.8, 4) is 5.75 Å². The molecule has 2 amide bonds. The summed E-state index contributed by atoms with van der Waals surface area (Å²) < 4.78 is 31.4. The maximum Gasteiger partial charge on any atom is 0.339 e. The van der Waals surface area contributed by atoms with Gasteiger partial charge in [-0.25, -0.2) is 0 Å². The van der Waals surface area contributed by atoms with Gasteiger partial charge in [0.15, 0.2) is 0 Å². The highest BCUT2D eigenvalue weighted by Crippen LogP contribution is 2.36. The van der Waals surface area contributed by atoms with E-state index in [2.05, 4.69) is 15.9 Å². The van der Waals surface area contributed by atoms with Crippen molar-refractivity contribution in [2.45, 2.75) is 11.4 Å². The Morgan fingerprint density at radius 3 is 2.41 bits per heavy atom. The summed E-state index contributed by atoms with van der Waals surface area (Å²) in [5, 5.41) is 0.223. The molecule has 3 aromatic rings. The predicted octanol–water partition coefficient (Wildman–Crippen LogP) is 6.76. The minimum Gasteiger partial charge on any atom is -0.378 e. The van der Waals surface area contributed by atoms with Crippen LogP contribution in [0.25, 0.3) is 6.08 Å². The topological polar surface area (TPSA) is 80.8 Å². The van der Waals surface area contributed by atoms with E-state index in [-0.39, 0.29) is 22.1 Å². The van der Waals surface area contributed by atoms with Gasteiger partial charge < -0.3 is 4.18 Å². The smallest absolute Gasteiger partial charge is 0.339 e. The van der Waals surface area contributed by atoms with Crippen LogP contribution in [-0.2, 0) is 21.5 Å². The van der Waals surface area contributed by atoms with Crippen molar-refractivity contribution in [3.63, 3.8) is 0 Å². The fourth-order valence-corrected chi connectivity index (χ4v) is 5.56. The molecule has 0 radical (unpaired) electrons. The predicted molar refractivity (Wildman–Crippen MR) is 136 cm³/mol. The molecule has 0 aromatic heterocycles. The second-order valence-corrected chi connectivity index (χ2v) is 11.3. The Morgan fingerprint density at radius 2 is 1.71 bits per heavy atom. The summed E-state index contributed by atoms with van der Waals surface area (Å²) >= 11 is 16.1. The second-order valence-electron chi connectivity index (χ2n) is 7.05. The molecule has 0 atom stereocenters. The van der Waals surface area contributed by atoms with Crippen LogP contribution in [0, 0.1) is 0 Å². The highest BCUT2D eigenvalue weighted by atomic mass is 79.9. The van der Waals surface area contributed by atoms with E-state index in [0.29, 0.717) is 25.6 Å². The lowest BCUT2D eigenvalue weighted by Gasteiger charge is -2.13. The number of carbonyl (C=O) groups is 2. The number of imide groups is 1. The molecule has 0 N–H and O–H groups in total. The van der Waals surface area contributed by atoms with Crippen molar-refractivity contribution >= 4 is 78.2 Å². The highest BCUT2D eigenvalue weighted by Gasteiger charge is 2.35. The number of nitrogens with zero attached hydrogens (tertiary/aromatic N) is 1. The van der Waals surface area contributed by atoms with E-state index >= 15 is 0 Å². The van der Waals surface area contributed by atoms with E-state index in [9.17, 15) is 18.0 Å². The van der Waals surface area contributed by atoms with Crippen LogP contribution in [0.4, 0.5) is 4.79 Å². The molecule has 0 aliphatic carbocycles. The Morgan fingerprint density at radius 1 is 0.971 bits per heavy atom. The third-order valence-electron chi connectivity index (χ3n) is 4.69. The molecular formula is C23H14BrCl2NO5S2. The molecule has 1 aliphatic heterocycles. The first-order valence-electron chi connectivity index (χ1n) is 9.62. The quantitative estimate of drug-likeness (QED) is 0.230. The minimum atomic E-state index is -4.10. The van der Waals surface area contributed by atoms with E-state index in [4.69, 9.17) is 27.4 Å². The summed E-state index contributed by atoms with van der Waals surface area (Å²) in [4.78, 5) is 26.7. The van der Waals surface area contributed by atoms with Gasteiger partial charge in [-0.2, -0.15) is 8.42 Å². The van der Waals surface area contributed by atoms with Gasteiger partial charge in [-0.1, -0.05) is 63.4 Å². The third kappa shape index (κ3) is 5.50. The molecule has 0 spiro atoms. The molecule has 4 rings (SSSR count). The Hall–Kier alpha value is -2.30. The van der Waals surface area contributed by atoms with Crippen LogP contribution >= 0.6 is 50.9 Å². The van der Waals surface area contributed by atoms with Crippen LogP contribution in [0.3, 0.4) is 0 Å². The van der Waals surface area contributed by atoms with E-state index in [1.807, 2.05) is 0 Å². The van der Waals surface area contributed by atoms with Gasteiger partial charge in [0.2, 0.25) is 0 Å². The van der Waals surface area contributed by atoms with Crippen molar-refractivity contribution in [3.05, 3.63) is 97.3 Å². The number of benzene rings is 3. The third-order valence-corrected chi connectivity index (χ3v) is 8.08. The standard InChI is InChI=1S/C23H14BrCl2NO5S2/c24-16-7-9-20(32-34(30,31)17-4-2-1-3-5-17)15(11-16)12-21-22(28)27(23(29)33-21)13-14-6-8-18(25)19(26)10-14/h1-12H,13H2/b21-12-. The zero-order valence-electron chi connectivity index (χ0n) is 17.1. The zero-order chi connectivity index (χ0) is 24.5. The molecule has 0 bridgehead atoms. The molecule has 1 fully saturated rings. The highest BCUT2D eigenvalue weighted by molar-refractivity contribution is 9.10. The van der Waals surface area contributed by atoms with Gasteiger partial charge in [0, 0.05) is 10.0 Å². The fourth-order valence-electron chi connectivity index (χ4n) is 3.06. The van der Waals surface area contributed by atoms with Gasteiger partial charge in [-0.05, 0) is 65.9 Å². The van der Waals surface area contributed by atoms with Crippen LogP contribution < -0.4 is 4.18 Å². The van der Waals surface area contributed by atoms with Crippen molar-refractivity contribution in [2.75, 3.05) is 0 Å². The number of hydrogen-bond donors (Lipinski definition) is 0. The Kier molecular flexibility index (Phi) is 7.39. The van der Waals surface area contributed by atoms with Crippen LogP contribution in [-0.4, -0.2) is 24.5 Å². The number of carbonyl (C=O) groups excluding carboxylic acids is 2. The number of amides is 2. The molecule has 1 heterocycles. The van der Waals surface area contributed by atoms with Crippen LogP contribution in [0.5, 0.6) is 5.75 Å². The lowest BCUT2D eigenvalue weighted by atomic mass is 10.2. The molecule has 0 saturated carbocycles. The van der Waals surface area contributed by atoms with Crippen LogP contribution in [0.15, 0.2) is 81.0 Å². The lowest BCUT2D eigenvalue weighted by molar-refractivity contribution is -0.123. The summed E-state index contributed by atoms with van der Waals surface area (Å²) in [6.07, 6.45) is 1.43. The Bertz CT molecular complexity index is 1430. The normalized spacial score (nSPS) is 15.3. The van der Waals surface area contributed by atoms with Gasteiger partial charge in [-0.3, -0.25) is 14.5 Å². The molecule has 0 unspecified atom stereocenters. The molecule has 6 nitrogen and oxygen atoms in total. The van der Waals surface area contributed by atoms with Crippen molar-refractivity contribution < 1.29 is 22.2 Å². The first-order valence-corrected chi connectivity index (χ1v) is 13.4. The second kappa shape index (κ2) is 10.1. The van der Waals surface area contributed by atoms with E-state index in [0.717, 1.165) is 16.7 Å². The fraction of sp³-hybridized carbons (Fsp3) is 0.0435. The zero-order valence-corrected chi connectivity index (χ0v) is 21.8. The first kappa shape index (κ1) is 24.8. The number of rotatable bonds is 6. The molecular weight excluding hydrogens is 585 g/mol. The van der Waals surface area contributed by atoms with E-state index in [1.165, 1.54) is 24.3 Å². The lowest BCUT2D eigenvalue weighted by Crippen LogP contribution is -2.27. The summed E-state index contributed by atoms with van der Waals surface area (Å²) in [7, 11) is -4.10. The largest absolute Gasteiger partial charge is 0.378 e. The molecule has 1 saturated heterocycles. The summed E-state index contributed by atoms with van der Waals surface area (Å²) in [6, 6.07) is 17.2. The SMILES string of the molecule is O=C1S/C(=C\c2cc(Br)ccc2OS(=O)(=O)c2ccccc2)C(=O)N1Cc1ccc(Cl)c(Cl)c1. The van der Waals surface area contributed by atoms with E-state index < -0.39 is 21.3 Å². The Balaban J connectivity index is 1.62. The number of hydrogen-bond acceptors (Lipinski definition) is 6. The van der Waals surface area contributed by atoms with Gasteiger partial charge in [-0.15, -0.1) is 0 Å². The average molecular weight is 599 g/mol. The van der Waals surface area contributed by atoms with Crippen molar-refractivity contribution in [1.82, 2.24) is 4.90 Å². The van der Waals surface area contributed by atoms with Crippen LogP contribution in [0.1, 0.15) is 11.1 Å². The maximum absolute atomic E-state index is 13.0. The molecule has 3 aromatic carbocycles. The molecule has 34 heavy (non-hydrogen) atoms. The minimum absolute atomic E-state index is 0.00850.